The number of hydrogen-bond donors (Lipinski definition) is 2. The van der Waals surface area contributed by atoms with Crippen LogP contribution in [-0.4, -0.2) is 29.6 Å². The third-order valence-electron chi connectivity index (χ3n) is 4.63. The lowest BCUT2D eigenvalue weighted by molar-refractivity contribution is -0.123. The molecule has 2 unspecified atom stereocenters. The molecule has 1 aromatic carbocycles. The highest BCUT2D eigenvalue weighted by Crippen LogP contribution is 2.33. The molecule has 21 heavy (non-hydrogen) atoms. The van der Waals surface area contributed by atoms with Gasteiger partial charge in [-0.2, -0.15) is 0 Å². The van der Waals surface area contributed by atoms with Gasteiger partial charge in [-0.25, -0.2) is 4.79 Å². The number of rotatable bonds is 2. The lowest BCUT2D eigenvalue weighted by atomic mass is 9.84. The molecule has 1 aromatic rings. The number of fused-ring (bicyclic) bond motifs is 1. The number of carbonyl (C=O) groups excluding carboxylic acids is 1. The van der Waals surface area contributed by atoms with Gasteiger partial charge < -0.3 is 15.7 Å². The van der Waals surface area contributed by atoms with Gasteiger partial charge in [0.2, 0.25) is 5.91 Å². The number of anilines is 1. The molecule has 3 N–H and O–H groups in total. The van der Waals surface area contributed by atoms with E-state index in [1.54, 1.807) is 17.0 Å². The number of aromatic carboxylic acids is 1. The van der Waals surface area contributed by atoms with E-state index < -0.39 is 5.97 Å². The molecular formula is C16H20N2O3. The molecule has 2 atom stereocenters. The van der Waals surface area contributed by atoms with E-state index >= 15 is 0 Å². The number of carboxylic acid groups (broad SMARTS) is 1. The van der Waals surface area contributed by atoms with Crippen LogP contribution in [0.4, 0.5) is 5.69 Å². The Morgan fingerprint density at radius 1 is 1.24 bits per heavy atom. The standard InChI is InChI=1S/C16H20N2O3/c17-13-4-2-1-3-12(13)15(19)18-8-7-10-5-6-11(16(20)21)9-14(10)18/h5-6,9,12-13H,1-4,7-8,17H2,(H,20,21). The minimum Gasteiger partial charge on any atom is -0.478 e. The number of nitrogens with two attached hydrogens (primary N) is 1. The summed E-state index contributed by atoms with van der Waals surface area (Å²) in [4.78, 5) is 25.6. The fourth-order valence-electron chi connectivity index (χ4n) is 3.41. The second kappa shape index (κ2) is 5.48. The Labute approximate surface area is 123 Å². The van der Waals surface area contributed by atoms with Gasteiger partial charge in [-0.15, -0.1) is 0 Å². The zero-order valence-corrected chi connectivity index (χ0v) is 11.9. The van der Waals surface area contributed by atoms with Crippen molar-refractivity contribution in [2.24, 2.45) is 11.7 Å². The van der Waals surface area contributed by atoms with E-state index in [1.807, 2.05) is 6.07 Å². The van der Waals surface area contributed by atoms with Crippen molar-refractivity contribution in [3.05, 3.63) is 29.3 Å². The summed E-state index contributed by atoms with van der Waals surface area (Å²) in [6.45, 7) is 0.625. The SMILES string of the molecule is NC1CCCCC1C(=O)N1CCc2ccc(C(=O)O)cc21. The smallest absolute Gasteiger partial charge is 0.335 e. The monoisotopic (exact) mass is 288 g/mol. The van der Waals surface area contributed by atoms with Crippen LogP contribution in [0.1, 0.15) is 41.6 Å². The van der Waals surface area contributed by atoms with Crippen LogP contribution >= 0.6 is 0 Å². The maximum Gasteiger partial charge on any atom is 0.335 e. The minimum absolute atomic E-state index is 0.0588. The van der Waals surface area contributed by atoms with Crippen LogP contribution in [0.5, 0.6) is 0 Å². The maximum atomic E-state index is 12.8. The number of nitrogens with zero attached hydrogens (tertiary/aromatic N) is 1. The van der Waals surface area contributed by atoms with Crippen molar-refractivity contribution in [2.45, 2.75) is 38.1 Å². The van der Waals surface area contributed by atoms with Crippen molar-refractivity contribution in [3.63, 3.8) is 0 Å². The molecular weight excluding hydrogens is 268 g/mol. The first-order valence-corrected chi connectivity index (χ1v) is 7.51. The molecule has 5 heteroatoms. The summed E-state index contributed by atoms with van der Waals surface area (Å²) < 4.78 is 0. The topological polar surface area (TPSA) is 83.6 Å². The van der Waals surface area contributed by atoms with E-state index in [1.165, 1.54) is 0 Å². The second-order valence-electron chi connectivity index (χ2n) is 5.94. The van der Waals surface area contributed by atoms with E-state index in [0.29, 0.717) is 6.54 Å². The first kappa shape index (κ1) is 14.1. The van der Waals surface area contributed by atoms with E-state index in [0.717, 1.165) is 43.4 Å². The van der Waals surface area contributed by atoms with Gasteiger partial charge in [0, 0.05) is 18.3 Å². The van der Waals surface area contributed by atoms with E-state index in [9.17, 15) is 9.59 Å². The van der Waals surface area contributed by atoms with Gasteiger partial charge >= 0.3 is 5.97 Å². The first-order valence-electron chi connectivity index (χ1n) is 7.51. The summed E-state index contributed by atoms with van der Waals surface area (Å²) in [5.74, 6) is -1.03. The Hall–Kier alpha value is -1.88. The van der Waals surface area contributed by atoms with Crippen molar-refractivity contribution < 1.29 is 14.7 Å². The van der Waals surface area contributed by atoms with Crippen molar-refractivity contribution in [3.8, 4) is 0 Å². The highest BCUT2D eigenvalue weighted by atomic mass is 16.4. The summed E-state index contributed by atoms with van der Waals surface area (Å²) in [5, 5.41) is 9.11. The molecule has 1 aliphatic carbocycles. The zero-order chi connectivity index (χ0) is 15.0. The fraction of sp³-hybridized carbons (Fsp3) is 0.500. The van der Waals surface area contributed by atoms with Crippen molar-refractivity contribution >= 4 is 17.6 Å². The first-order chi connectivity index (χ1) is 10.1. The minimum atomic E-state index is -0.966. The largest absolute Gasteiger partial charge is 0.478 e. The predicted molar refractivity (Wildman–Crippen MR) is 79.4 cm³/mol. The molecule has 1 saturated carbocycles. The molecule has 0 radical (unpaired) electrons. The summed E-state index contributed by atoms with van der Waals surface area (Å²) in [6, 6.07) is 4.95. The van der Waals surface area contributed by atoms with Crippen molar-refractivity contribution in [1.82, 2.24) is 0 Å². The Bertz CT molecular complexity index is 585. The number of amides is 1. The molecule has 1 fully saturated rings. The lowest BCUT2D eigenvalue weighted by Crippen LogP contribution is -2.45. The van der Waals surface area contributed by atoms with Crippen LogP contribution in [0.2, 0.25) is 0 Å². The van der Waals surface area contributed by atoms with Gasteiger partial charge in [-0.3, -0.25) is 4.79 Å². The van der Waals surface area contributed by atoms with Crippen LogP contribution in [-0.2, 0) is 11.2 Å². The fourth-order valence-corrected chi connectivity index (χ4v) is 3.41. The number of hydrogen-bond acceptors (Lipinski definition) is 3. The molecule has 0 bridgehead atoms. The molecule has 1 aliphatic heterocycles. The third-order valence-corrected chi connectivity index (χ3v) is 4.63. The van der Waals surface area contributed by atoms with Gasteiger partial charge in [-0.05, 0) is 37.0 Å². The average molecular weight is 288 g/mol. The van der Waals surface area contributed by atoms with Gasteiger partial charge in [-0.1, -0.05) is 18.9 Å². The molecule has 1 heterocycles. The van der Waals surface area contributed by atoms with E-state index in [4.69, 9.17) is 10.8 Å². The van der Waals surface area contributed by atoms with Crippen LogP contribution in [0.25, 0.3) is 0 Å². The van der Waals surface area contributed by atoms with E-state index in [-0.39, 0.29) is 23.4 Å². The quantitative estimate of drug-likeness (QED) is 0.869. The molecule has 5 nitrogen and oxygen atoms in total. The Balaban J connectivity index is 1.87. The molecule has 0 spiro atoms. The van der Waals surface area contributed by atoms with E-state index in [2.05, 4.69) is 0 Å². The Morgan fingerprint density at radius 3 is 2.71 bits per heavy atom. The van der Waals surface area contributed by atoms with Crippen molar-refractivity contribution in [1.29, 1.82) is 0 Å². The van der Waals surface area contributed by atoms with Crippen LogP contribution in [0.15, 0.2) is 18.2 Å². The second-order valence-corrected chi connectivity index (χ2v) is 5.94. The predicted octanol–water partition coefficient (Wildman–Crippen LogP) is 1.79. The summed E-state index contributed by atoms with van der Waals surface area (Å²) in [7, 11) is 0. The normalized spacial score (nSPS) is 24.7. The van der Waals surface area contributed by atoms with Gasteiger partial charge in [0.25, 0.3) is 0 Å². The summed E-state index contributed by atoms with van der Waals surface area (Å²) >= 11 is 0. The Morgan fingerprint density at radius 2 is 2.00 bits per heavy atom. The Kier molecular flexibility index (Phi) is 3.68. The molecule has 1 amide bonds. The number of carboxylic acids is 1. The van der Waals surface area contributed by atoms with Crippen molar-refractivity contribution in [2.75, 3.05) is 11.4 Å². The number of benzene rings is 1. The summed E-state index contributed by atoms with van der Waals surface area (Å²) in [6.07, 6.45) is 4.64. The summed E-state index contributed by atoms with van der Waals surface area (Å²) in [5.41, 5.74) is 8.11. The zero-order valence-electron chi connectivity index (χ0n) is 11.9. The molecule has 2 aliphatic rings. The van der Waals surface area contributed by atoms with Gasteiger partial charge in [0.15, 0.2) is 0 Å². The molecule has 0 saturated heterocycles. The van der Waals surface area contributed by atoms with Gasteiger partial charge in [0.1, 0.15) is 0 Å². The highest BCUT2D eigenvalue weighted by Gasteiger charge is 2.35. The third kappa shape index (κ3) is 2.53. The molecule has 3 rings (SSSR count). The maximum absolute atomic E-state index is 12.8. The number of carbonyl (C=O) groups is 2. The van der Waals surface area contributed by atoms with Crippen LogP contribution < -0.4 is 10.6 Å². The molecule has 112 valence electrons. The van der Waals surface area contributed by atoms with Crippen LogP contribution in [0, 0.1) is 5.92 Å². The average Bonchev–Trinajstić information content (AvgIpc) is 2.90. The highest BCUT2D eigenvalue weighted by molar-refractivity contribution is 5.99. The molecule has 0 aromatic heterocycles. The van der Waals surface area contributed by atoms with Crippen LogP contribution in [0.3, 0.4) is 0 Å². The lowest BCUT2D eigenvalue weighted by Gasteiger charge is -2.31. The van der Waals surface area contributed by atoms with Gasteiger partial charge in [0.05, 0.1) is 11.5 Å².